The molecule has 0 aromatic heterocycles. The summed E-state index contributed by atoms with van der Waals surface area (Å²) >= 11 is 0. The van der Waals surface area contributed by atoms with E-state index in [1.165, 1.54) is 0 Å². The van der Waals surface area contributed by atoms with E-state index in [1.54, 1.807) is 14.2 Å². The highest BCUT2D eigenvalue weighted by Gasteiger charge is 2.24. The molecule has 0 aliphatic carbocycles. The highest BCUT2D eigenvalue weighted by molar-refractivity contribution is 5.80. The predicted octanol–water partition coefficient (Wildman–Crippen LogP) is 2.80. The number of anilines is 1. The zero-order valence-electron chi connectivity index (χ0n) is 16.4. The van der Waals surface area contributed by atoms with Crippen LogP contribution in [0.5, 0.6) is 11.5 Å². The molecule has 0 spiro atoms. The van der Waals surface area contributed by atoms with Gasteiger partial charge in [0.1, 0.15) is 11.5 Å². The molecule has 1 aromatic carbocycles. The topological polar surface area (TPSA) is 58.1 Å². The van der Waals surface area contributed by atoms with Gasteiger partial charge in [-0.25, -0.2) is 0 Å². The highest BCUT2D eigenvalue weighted by Crippen LogP contribution is 2.30. The highest BCUT2D eigenvalue weighted by atomic mass is 16.5. The Labute approximate surface area is 157 Å². The van der Waals surface area contributed by atoms with Gasteiger partial charge in [-0.05, 0) is 26.7 Å². The predicted molar refractivity (Wildman–Crippen MR) is 109 cm³/mol. The molecule has 0 bridgehead atoms. The van der Waals surface area contributed by atoms with Crippen molar-refractivity contribution in [3.63, 3.8) is 0 Å². The van der Waals surface area contributed by atoms with Crippen molar-refractivity contribution in [1.82, 2.24) is 10.6 Å². The van der Waals surface area contributed by atoms with Gasteiger partial charge in [-0.15, -0.1) is 0 Å². The second-order valence-corrected chi connectivity index (χ2v) is 6.27. The summed E-state index contributed by atoms with van der Waals surface area (Å²) in [7, 11) is 3.36. The largest absolute Gasteiger partial charge is 0.497 e. The first-order valence-corrected chi connectivity index (χ1v) is 9.34. The molecule has 1 fully saturated rings. The SMILES string of the molecule is C/C=C/CCN=C(NCC)NC1CCN(c2cc(OC)cc(OC)c2)C1. The van der Waals surface area contributed by atoms with Crippen LogP contribution in [0.1, 0.15) is 26.7 Å². The minimum Gasteiger partial charge on any atom is -0.497 e. The van der Waals surface area contributed by atoms with Gasteiger partial charge in [0, 0.05) is 56.1 Å². The molecule has 1 saturated heterocycles. The third-order valence-electron chi connectivity index (χ3n) is 4.38. The fourth-order valence-corrected chi connectivity index (χ4v) is 3.02. The number of guanidine groups is 1. The summed E-state index contributed by atoms with van der Waals surface area (Å²) in [6, 6.07) is 6.38. The van der Waals surface area contributed by atoms with E-state index in [1.807, 2.05) is 13.0 Å². The van der Waals surface area contributed by atoms with Gasteiger partial charge < -0.3 is 25.0 Å². The van der Waals surface area contributed by atoms with E-state index >= 15 is 0 Å². The maximum absolute atomic E-state index is 5.39. The number of ether oxygens (including phenoxy) is 2. The lowest BCUT2D eigenvalue weighted by atomic mass is 10.2. The average molecular weight is 361 g/mol. The van der Waals surface area contributed by atoms with Gasteiger partial charge in [0.25, 0.3) is 0 Å². The molecule has 1 heterocycles. The van der Waals surface area contributed by atoms with E-state index in [4.69, 9.17) is 9.47 Å². The minimum atomic E-state index is 0.367. The minimum absolute atomic E-state index is 0.367. The molecule has 6 nitrogen and oxygen atoms in total. The molecule has 1 atom stereocenters. The molecule has 1 aromatic rings. The molecule has 0 saturated carbocycles. The number of hydrogen-bond acceptors (Lipinski definition) is 4. The van der Waals surface area contributed by atoms with Gasteiger partial charge in [0.2, 0.25) is 0 Å². The lowest BCUT2D eigenvalue weighted by molar-refractivity contribution is 0.394. The van der Waals surface area contributed by atoms with E-state index in [0.29, 0.717) is 6.04 Å². The second-order valence-electron chi connectivity index (χ2n) is 6.27. The maximum atomic E-state index is 5.39. The molecule has 1 aliphatic heterocycles. The smallest absolute Gasteiger partial charge is 0.191 e. The van der Waals surface area contributed by atoms with Crippen molar-refractivity contribution >= 4 is 11.6 Å². The Morgan fingerprint density at radius 1 is 1.27 bits per heavy atom. The van der Waals surface area contributed by atoms with Gasteiger partial charge in [-0.3, -0.25) is 4.99 Å². The van der Waals surface area contributed by atoms with Crippen LogP contribution in [0.4, 0.5) is 5.69 Å². The Morgan fingerprint density at radius 2 is 2.00 bits per heavy atom. The number of methoxy groups -OCH3 is 2. The summed E-state index contributed by atoms with van der Waals surface area (Å²) in [6.45, 7) is 7.70. The number of hydrogen-bond donors (Lipinski definition) is 2. The quantitative estimate of drug-likeness (QED) is 0.323. The van der Waals surface area contributed by atoms with E-state index in [9.17, 15) is 0 Å². The van der Waals surface area contributed by atoms with Crippen molar-refractivity contribution in [2.75, 3.05) is 45.3 Å². The molecule has 1 unspecified atom stereocenters. The van der Waals surface area contributed by atoms with Crippen molar-refractivity contribution in [2.45, 2.75) is 32.7 Å². The fourth-order valence-electron chi connectivity index (χ4n) is 3.02. The third-order valence-corrected chi connectivity index (χ3v) is 4.38. The van der Waals surface area contributed by atoms with Crippen LogP contribution >= 0.6 is 0 Å². The molecule has 1 aliphatic rings. The number of rotatable bonds is 8. The lowest BCUT2D eigenvalue weighted by Gasteiger charge is -2.21. The van der Waals surface area contributed by atoms with Gasteiger partial charge >= 0.3 is 0 Å². The fraction of sp³-hybridized carbons (Fsp3) is 0.550. The third kappa shape index (κ3) is 5.86. The van der Waals surface area contributed by atoms with Crippen molar-refractivity contribution in [3.8, 4) is 11.5 Å². The first-order chi connectivity index (χ1) is 12.7. The van der Waals surface area contributed by atoms with Crippen LogP contribution in [-0.2, 0) is 0 Å². The molecule has 2 rings (SSSR count). The number of allylic oxidation sites excluding steroid dienone is 1. The number of aliphatic imine (C=N–C) groups is 1. The van der Waals surface area contributed by atoms with E-state index in [-0.39, 0.29) is 0 Å². The van der Waals surface area contributed by atoms with Crippen LogP contribution < -0.4 is 25.0 Å². The van der Waals surface area contributed by atoms with Crippen LogP contribution in [0.3, 0.4) is 0 Å². The molecule has 6 heteroatoms. The summed E-state index contributed by atoms with van der Waals surface area (Å²) < 4.78 is 10.8. The Kier molecular flexibility index (Phi) is 8.12. The molecule has 0 amide bonds. The summed E-state index contributed by atoms with van der Waals surface area (Å²) in [5, 5.41) is 6.90. The zero-order valence-corrected chi connectivity index (χ0v) is 16.4. The second kappa shape index (κ2) is 10.6. The number of nitrogens with one attached hydrogen (secondary N) is 2. The van der Waals surface area contributed by atoms with Crippen molar-refractivity contribution in [1.29, 1.82) is 0 Å². The van der Waals surface area contributed by atoms with Crippen LogP contribution in [0.25, 0.3) is 0 Å². The molecular formula is C20H32N4O2. The summed E-state index contributed by atoms with van der Waals surface area (Å²) in [6.07, 6.45) is 6.24. The first-order valence-electron chi connectivity index (χ1n) is 9.34. The summed E-state index contributed by atoms with van der Waals surface area (Å²) in [4.78, 5) is 7.00. The molecular weight excluding hydrogens is 328 g/mol. The maximum Gasteiger partial charge on any atom is 0.191 e. The van der Waals surface area contributed by atoms with Crippen LogP contribution in [-0.4, -0.2) is 52.4 Å². The first kappa shape index (κ1) is 19.9. The normalized spacial score (nSPS) is 17.6. The Balaban J connectivity index is 1.98. The van der Waals surface area contributed by atoms with Gasteiger partial charge in [0.05, 0.1) is 14.2 Å². The Bertz CT molecular complexity index is 594. The van der Waals surface area contributed by atoms with Crippen LogP contribution in [0.2, 0.25) is 0 Å². The number of nitrogens with zero attached hydrogens (tertiary/aromatic N) is 2. The molecule has 144 valence electrons. The van der Waals surface area contributed by atoms with Crippen molar-refractivity contribution in [3.05, 3.63) is 30.4 Å². The summed E-state index contributed by atoms with van der Waals surface area (Å²) in [5.41, 5.74) is 1.13. The van der Waals surface area contributed by atoms with E-state index < -0.39 is 0 Å². The zero-order chi connectivity index (χ0) is 18.8. The van der Waals surface area contributed by atoms with Gasteiger partial charge in [-0.2, -0.15) is 0 Å². The van der Waals surface area contributed by atoms with E-state index in [0.717, 1.165) is 62.2 Å². The van der Waals surface area contributed by atoms with Crippen LogP contribution in [0.15, 0.2) is 35.3 Å². The van der Waals surface area contributed by atoms with Crippen LogP contribution in [0, 0.1) is 0 Å². The Morgan fingerprint density at radius 3 is 2.62 bits per heavy atom. The van der Waals surface area contributed by atoms with Crippen molar-refractivity contribution in [2.24, 2.45) is 4.99 Å². The number of benzene rings is 1. The summed E-state index contributed by atoms with van der Waals surface area (Å²) in [5.74, 6) is 2.52. The Hall–Kier alpha value is -2.37. The molecule has 2 N–H and O–H groups in total. The molecule has 26 heavy (non-hydrogen) atoms. The monoisotopic (exact) mass is 360 g/mol. The van der Waals surface area contributed by atoms with E-state index in [2.05, 4.69) is 51.7 Å². The lowest BCUT2D eigenvalue weighted by Crippen LogP contribution is -2.44. The standard InChI is InChI=1S/C20H32N4O2/c1-5-7-8-10-22-20(21-6-2)23-16-9-11-24(15-16)17-12-18(25-3)14-19(13-17)26-4/h5,7,12-14,16H,6,8-11,15H2,1-4H3,(H2,21,22,23)/b7-5+. The average Bonchev–Trinajstić information content (AvgIpc) is 3.13. The molecule has 0 radical (unpaired) electrons. The van der Waals surface area contributed by atoms with Gasteiger partial charge in [0.15, 0.2) is 5.96 Å². The van der Waals surface area contributed by atoms with Gasteiger partial charge in [-0.1, -0.05) is 12.2 Å². The van der Waals surface area contributed by atoms with Crippen molar-refractivity contribution < 1.29 is 9.47 Å².